The third-order valence-corrected chi connectivity index (χ3v) is 4.13. The Hall–Kier alpha value is -2.84. The van der Waals surface area contributed by atoms with Crippen LogP contribution in [0.2, 0.25) is 0 Å². The number of allylic oxidation sites excluding steroid dienone is 2. The van der Waals surface area contributed by atoms with E-state index < -0.39 is 35.9 Å². The lowest BCUT2D eigenvalue weighted by Crippen LogP contribution is -2.39. The molecule has 0 aromatic carbocycles. The highest BCUT2D eigenvalue weighted by Gasteiger charge is 2.44. The minimum Gasteiger partial charge on any atom is -0.463 e. The standard InChI is InChI=1S/C18H23NO8/c1-5-24-16(21)12-9(3)19-10(4)13(17(22)25-6-2)14(12)18(23)27-11-7-8-26-15(11)20/h11,14,19H,5-8H2,1-4H3/t11-/m1/s1. The van der Waals surface area contributed by atoms with E-state index in [0.717, 1.165) is 0 Å². The molecule has 1 fully saturated rings. The molecule has 2 aliphatic rings. The number of dihydropyridines is 1. The van der Waals surface area contributed by atoms with Crippen LogP contribution < -0.4 is 5.32 Å². The van der Waals surface area contributed by atoms with Crippen molar-refractivity contribution in [3.8, 4) is 0 Å². The predicted molar refractivity (Wildman–Crippen MR) is 90.7 cm³/mol. The van der Waals surface area contributed by atoms with Crippen LogP contribution in [0.25, 0.3) is 0 Å². The lowest BCUT2D eigenvalue weighted by molar-refractivity contribution is -0.163. The summed E-state index contributed by atoms with van der Waals surface area (Å²) < 4.78 is 20.1. The van der Waals surface area contributed by atoms with Crippen LogP contribution in [-0.2, 0) is 38.1 Å². The summed E-state index contributed by atoms with van der Waals surface area (Å²) in [6, 6.07) is 0. The van der Waals surface area contributed by atoms with Crippen molar-refractivity contribution in [2.24, 2.45) is 5.92 Å². The number of rotatable bonds is 6. The molecule has 9 nitrogen and oxygen atoms in total. The highest BCUT2D eigenvalue weighted by atomic mass is 16.6. The van der Waals surface area contributed by atoms with Gasteiger partial charge in [0.1, 0.15) is 5.92 Å². The van der Waals surface area contributed by atoms with Crippen molar-refractivity contribution in [1.82, 2.24) is 5.32 Å². The third kappa shape index (κ3) is 4.29. The van der Waals surface area contributed by atoms with Gasteiger partial charge in [-0.25, -0.2) is 14.4 Å². The minimum absolute atomic E-state index is 0.0538. The molecule has 27 heavy (non-hydrogen) atoms. The van der Waals surface area contributed by atoms with E-state index in [1.165, 1.54) is 0 Å². The smallest absolute Gasteiger partial charge is 0.347 e. The normalized spacial score (nSPS) is 20.1. The molecule has 1 saturated heterocycles. The van der Waals surface area contributed by atoms with Crippen molar-refractivity contribution in [2.45, 2.75) is 40.2 Å². The lowest BCUT2D eigenvalue weighted by atomic mass is 9.85. The first-order valence-corrected chi connectivity index (χ1v) is 8.71. The van der Waals surface area contributed by atoms with Crippen molar-refractivity contribution in [2.75, 3.05) is 19.8 Å². The lowest BCUT2D eigenvalue weighted by Gasteiger charge is -2.29. The van der Waals surface area contributed by atoms with Crippen LogP contribution in [0.15, 0.2) is 22.5 Å². The van der Waals surface area contributed by atoms with E-state index in [1.54, 1.807) is 27.7 Å². The minimum atomic E-state index is -1.36. The fraction of sp³-hybridized carbons (Fsp3) is 0.556. The van der Waals surface area contributed by atoms with Crippen LogP contribution in [0.4, 0.5) is 0 Å². The highest BCUT2D eigenvalue weighted by Crippen LogP contribution is 2.33. The molecule has 0 spiro atoms. The molecule has 0 unspecified atom stereocenters. The zero-order valence-corrected chi connectivity index (χ0v) is 15.7. The Morgan fingerprint density at radius 2 is 1.56 bits per heavy atom. The maximum Gasteiger partial charge on any atom is 0.347 e. The van der Waals surface area contributed by atoms with Crippen LogP contribution in [0.5, 0.6) is 0 Å². The average molecular weight is 381 g/mol. The summed E-state index contributed by atoms with van der Waals surface area (Å²) >= 11 is 0. The largest absolute Gasteiger partial charge is 0.463 e. The Balaban J connectivity index is 2.44. The fourth-order valence-electron chi connectivity index (χ4n) is 2.98. The van der Waals surface area contributed by atoms with Gasteiger partial charge in [-0.1, -0.05) is 0 Å². The molecule has 9 heteroatoms. The van der Waals surface area contributed by atoms with Gasteiger partial charge in [-0.05, 0) is 27.7 Å². The number of cyclic esters (lactones) is 1. The third-order valence-electron chi connectivity index (χ3n) is 4.13. The van der Waals surface area contributed by atoms with Crippen LogP contribution in [0.1, 0.15) is 34.1 Å². The van der Waals surface area contributed by atoms with E-state index in [1.807, 2.05) is 0 Å². The maximum atomic E-state index is 12.9. The zero-order valence-electron chi connectivity index (χ0n) is 15.7. The van der Waals surface area contributed by atoms with Crippen LogP contribution in [-0.4, -0.2) is 49.8 Å². The molecule has 1 atom stereocenters. The van der Waals surface area contributed by atoms with E-state index in [0.29, 0.717) is 11.4 Å². The molecule has 0 aromatic rings. The fourth-order valence-corrected chi connectivity index (χ4v) is 2.98. The number of esters is 4. The van der Waals surface area contributed by atoms with Crippen molar-refractivity contribution >= 4 is 23.9 Å². The van der Waals surface area contributed by atoms with Crippen LogP contribution in [0.3, 0.4) is 0 Å². The molecule has 2 aliphatic heterocycles. The van der Waals surface area contributed by atoms with Crippen molar-refractivity contribution in [3.63, 3.8) is 0 Å². The van der Waals surface area contributed by atoms with E-state index >= 15 is 0 Å². The van der Waals surface area contributed by atoms with E-state index in [4.69, 9.17) is 18.9 Å². The van der Waals surface area contributed by atoms with Crippen LogP contribution >= 0.6 is 0 Å². The van der Waals surface area contributed by atoms with Gasteiger partial charge < -0.3 is 24.3 Å². The van der Waals surface area contributed by atoms with E-state index in [-0.39, 0.29) is 37.4 Å². The molecule has 0 saturated carbocycles. The number of hydrogen-bond donors (Lipinski definition) is 1. The molecular weight excluding hydrogens is 358 g/mol. The Kier molecular flexibility index (Phi) is 6.59. The monoisotopic (exact) mass is 381 g/mol. The molecule has 2 rings (SSSR count). The first-order chi connectivity index (χ1) is 12.8. The van der Waals surface area contributed by atoms with Gasteiger partial charge in [0, 0.05) is 17.8 Å². The second-order valence-corrected chi connectivity index (χ2v) is 5.96. The van der Waals surface area contributed by atoms with Gasteiger partial charge >= 0.3 is 23.9 Å². The van der Waals surface area contributed by atoms with Crippen molar-refractivity contribution in [1.29, 1.82) is 0 Å². The Bertz CT molecular complexity index is 681. The van der Waals surface area contributed by atoms with Crippen molar-refractivity contribution in [3.05, 3.63) is 22.5 Å². The van der Waals surface area contributed by atoms with Gasteiger partial charge in [-0.15, -0.1) is 0 Å². The van der Waals surface area contributed by atoms with Gasteiger partial charge in [-0.2, -0.15) is 0 Å². The first kappa shape index (κ1) is 20.5. The SMILES string of the molecule is CCOC(=O)C1=C(C)NC(C)=C(C(=O)OCC)C1C(=O)O[C@@H]1CCOC1=O. The summed E-state index contributed by atoms with van der Waals surface area (Å²) in [5.41, 5.74) is 0.605. The quantitative estimate of drug-likeness (QED) is 0.525. The first-order valence-electron chi connectivity index (χ1n) is 8.71. The molecule has 0 aliphatic carbocycles. The maximum absolute atomic E-state index is 12.9. The molecule has 0 amide bonds. The summed E-state index contributed by atoms with van der Waals surface area (Å²) in [6.07, 6.45) is -0.857. The molecule has 0 radical (unpaired) electrons. The predicted octanol–water partition coefficient (Wildman–Crippen LogP) is 0.739. The Morgan fingerprint density at radius 1 is 1.04 bits per heavy atom. The number of carbonyl (C=O) groups is 4. The van der Waals surface area contributed by atoms with Gasteiger partial charge in [0.25, 0.3) is 0 Å². The van der Waals surface area contributed by atoms with Crippen molar-refractivity contribution < 1.29 is 38.1 Å². The number of nitrogens with one attached hydrogen (secondary N) is 1. The number of hydrogen-bond acceptors (Lipinski definition) is 9. The second-order valence-electron chi connectivity index (χ2n) is 5.96. The summed E-state index contributed by atoms with van der Waals surface area (Å²) in [7, 11) is 0. The summed E-state index contributed by atoms with van der Waals surface area (Å²) in [5.74, 6) is -4.45. The van der Waals surface area contributed by atoms with E-state index in [2.05, 4.69) is 5.32 Å². The second kappa shape index (κ2) is 8.70. The van der Waals surface area contributed by atoms with Gasteiger partial charge in [0.15, 0.2) is 0 Å². The molecule has 148 valence electrons. The summed E-state index contributed by atoms with van der Waals surface area (Å²) in [5, 5.41) is 2.90. The number of ether oxygens (including phenoxy) is 4. The highest BCUT2D eigenvalue weighted by molar-refractivity contribution is 6.06. The molecular formula is C18H23NO8. The topological polar surface area (TPSA) is 117 Å². The summed E-state index contributed by atoms with van der Waals surface area (Å²) in [6.45, 7) is 6.73. The number of carbonyl (C=O) groups excluding carboxylic acids is 4. The Morgan fingerprint density at radius 3 is 1.96 bits per heavy atom. The van der Waals surface area contributed by atoms with Crippen LogP contribution in [0, 0.1) is 5.92 Å². The van der Waals surface area contributed by atoms with Gasteiger partial charge in [0.2, 0.25) is 6.10 Å². The molecule has 0 aromatic heterocycles. The zero-order chi connectivity index (χ0) is 20.1. The Labute approximate surface area is 156 Å². The van der Waals surface area contributed by atoms with E-state index in [9.17, 15) is 19.2 Å². The summed E-state index contributed by atoms with van der Waals surface area (Å²) in [4.78, 5) is 49.5. The molecule has 2 heterocycles. The average Bonchev–Trinajstić information content (AvgIpc) is 2.99. The van der Waals surface area contributed by atoms with Gasteiger partial charge in [0.05, 0.1) is 31.0 Å². The van der Waals surface area contributed by atoms with Gasteiger partial charge in [-0.3, -0.25) is 4.79 Å². The molecule has 0 bridgehead atoms. The molecule has 1 N–H and O–H groups in total.